The van der Waals surface area contributed by atoms with Crippen LogP contribution in [0.25, 0.3) is 22.6 Å². The number of anilines is 1. The number of nitrogens with one attached hydrogen (secondary N) is 1. The molecule has 0 spiro atoms. The van der Waals surface area contributed by atoms with Crippen LogP contribution in [0.15, 0.2) is 65.1 Å². The highest BCUT2D eigenvalue weighted by Crippen LogP contribution is 2.32. The van der Waals surface area contributed by atoms with Gasteiger partial charge in [0.05, 0.1) is 16.2 Å². The summed E-state index contributed by atoms with van der Waals surface area (Å²) in [7, 11) is 0. The van der Waals surface area contributed by atoms with E-state index in [-0.39, 0.29) is 16.3 Å². The molecule has 0 atom stereocenters. The lowest BCUT2D eigenvalue weighted by Gasteiger charge is -2.09. The van der Waals surface area contributed by atoms with E-state index >= 15 is 0 Å². The van der Waals surface area contributed by atoms with Gasteiger partial charge in [0, 0.05) is 16.7 Å². The Bertz CT molecular complexity index is 1270. The van der Waals surface area contributed by atoms with Crippen molar-refractivity contribution >= 4 is 51.6 Å². The van der Waals surface area contributed by atoms with Crippen LogP contribution in [0.1, 0.15) is 10.4 Å². The Balaban J connectivity index is 1.69. The van der Waals surface area contributed by atoms with Crippen LogP contribution in [0.5, 0.6) is 0 Å². The van der Waals surface area contributed by atoms with Gasteiger partial charge in [-0.2, -0.15) is 0 Å². The highest BCUT2D eigenvalue weighted by Gasteiger charge is 2.18. The van der Waals surface area contributed by atoms with Crippen molar-refractivity contribution in [3.63, 3.8) is 0 Å². The third kappa shape index (κ3) is 3.78. The molecule has 7 nitrogen and oxygen atoms in total. The number of carbonyl (C=O) groups excluding carboxylic acids is 1. The summed E-state index contributed by atoms with van der Waals surface area (Å²) in [6.07, 6.45) is 0. The molecule has 0 aliphatic carbocycles. The molecule has 0 aliphatic heterocycles. The summed E-state index contributed by atoms with van der Waals surface area (Å²) in [5.41, 5.74) is 1.88. The van der Waals surface area contributed by atoms with Crippen LogP contribution in [0.4, 0.5) is 11.4 Å². The number of aromatic nitrogens is 1. The zero-order chi connectivity index (χ0) is 20.5. The third-order valence-corrected chi connectivity index (χ3v) is 4.72. The molecule has 9 heteroatoms. The monoisotopic (exact) mass is 427 g/mol. The summed E-state index contributed by atoms with van der Waals surface area (Å²) in [6, 6.07) is 15.9. The van der Waals surface area contributed by atoms with Crippen molar-refractivity contribution in [2.75, 3.05) is 5.32 Å². The fourth-order valence-electron chi connectivity index (χ4n) is 2.78. The van der Waals surface area contributed by atoms with Gasteiger partial charge in [-0.1, -0.05) is 35.3 Å². The number of oxazole rings is 1. The van der Waals surface area contributed by atoms with Gasteiger partial charge in [0.25, 0.3) is 11.6 Å². The zero-order valence-corrected chi connectivity index (χ0v) is 16.1. The lowest BCUT2D eigenvalue weighted by atomic mass is 10.1. The van der Waals surface area contributed by atoms with Gasteiger partial charge in [-0.3, -0.25) is 14.9 Å². The molecule has 0 aliphatic rings. The van der Waals surface area contributed by atoms with Crippen LogP contribution in [0, 0.1) is 10.1 Å². The molecule has 1 heterocycles. The quantitative estimate of drug-likeness (QED) is 0.319. The summed E-state index contributed by atoms with van der Waals surface area (Å²) in [5.74, 6) is -0.225. The minimum absolute atomic E-state index is 0.0444. The molecule has 144 valence electrons. The molecule has 1 N–H and O–H groups in total. The van der Waals surface area contributed by atoms with Gasteiger partial charge in [-0.25, -0.2) is 4.98 Å². The number of nitro benzene ring substituents is 1. The molecule has 1 amide bonds. The highest BCUT2D eigenvalue weighted by atomic mass is 35.5. The topological polar surface area (TPSA) is 98.3 Å². The fraction of sp³-hybridized carbons (Fsp3) is 0. The van der Waals surface area contributed by atoms with Gasteiger partial charge in [0.15, 0.2) is 5.58 Å². The van der Waals surface area contributed by atoms with E-state index in [2.05, 4.69) is 10.3 Å². The van der Waals surface area contributed by atoms with Crippen LogP contribution < -0.4 is 5.32 Å². The largest absolute Gasteiger partial charge is 0.436 e. The fourth-order valence-corrected chi connectivity index (χ4v) is 3.14. The predicted molar refractivity (Wildman–Crippen MR) is 111 cm³/mol. The Morgan fingerprint density at radius 1 is 1.07 bits per heavy atom. The smallest absolute Gasteiger partial charge is 0.288 e. The number of para-hydroxylation sites is 1. The Morgan fingerprint density at radius 2 is 1.86 bits per heavy atom. The average Bonchev–Trinajstić information content (AvgIpc) is 3.11. The van der Waals surface area contributed by atoms with Crippen LogP contribution in [-0.4, -0.2) is 15.8 Å². The first-order chi connectivity index (χ1) is 13.9. The number of benzene rings is 3. The molecule has 29 heavy (non-hydrogen) atoms. The summed E-state index contributed by atoms with van der Waals surface area (Å²) in [5, 5.41) is 14.3. The summed E-state index contributed by atoms with van der Waals surface area (Å²) >= 11 is 11.8. The Labute approximate surface area is 174 Å². The lowest BCUT2D eigenvalue weighted by Crippen LogP contribution is -2.13. The van der Waals surface area contributed by atoms with E-state index in [4.69, 9.17) is 27.6 Å². The molecule has 4 rings (SSSR count). The number of fused-ring (bicyclic) bond motifs is 1. The van der Waals surface area contributed by atoms with Gasteiger partial charge in [0.2, 0.25) is 5.89 Å². The normalized spacial score (nSPS) is 10.8. The van der Waals surface area contributed by atoms with Crippen molar-refractivity contribution < 1.29 is 14.1 Å². The number of rotatable bonds is 4. The van der Waals surface area contributed by atoms with E-state index in [0.717, 1.165) is 6.07 Å². The summed E-state index contributed by atoms with van der Waals surface area (Å²) in [4.78, 5) is 27.5. The number of hydrogen-bond donors (Lipinski definition) is 1. The second-order valence-electron chi connectivity index (χ2n) is 6.05. The number of nitrogens with zero attached hydrogens (tertiary/aromatic N) is 2. The number of hydrogen-bond acceptors (Lipinski definition) is 5. The van der Waals surface area contributed by atoms with Gasteiger partial charge in [-0.15, -0.1) is 0 Å². The van der Waals surface area contributed by atoms with E-state index in [1.165, 1.54) is 12.1 Å². The molecule has 0 fully saturated rings. The maximum absolute atomic E-state index is 12.7. The number of halogens is 2. The van der Waals surface area contributed by atoms with Crippen molar-refractivity contribution in [3.8, 4) is 11.5 Å². The van der Waals surface area contributed by atoms with Crippen molar-refractivity contribution in [2.24, 2.45) is 0 Å². The van der Waals surface area contributed by atoms with Gasteiger partial charge < -0.3 is 9.73 Å². The minimum atomic E-state index is -0.642. The summed E-state index contributed by atoms with van der Waals surface area (Å²) < 4.78 is 5.78. The second-order valence-corrected chi connectivity index (χ2v) is 6.90. The Morgan fingerprint density at radius 3 is 2.66 bits per heavy atom. The zero-order valence-electron chi connectivity index (χ0n) is 14.6. The minimum Gasteiger partial charge on any atom is -0.436 e. The van der Waals surface area contributed by atoms with Crippen molar-refractivity contribution in [1.82, 2.24) is 4.98 Å². The molecule has 4 aromatic rings. The molecule has 0 saturated carbocycles. The molecule has 3 aromatic carbocycles. The first-order valence-corrected chi connectivity index (χ1v) is 9.09. The summed E-state index contributed by atoms with van der Waals surface area (Å²) in [6.45, 7) is 0. The molecule has 0 saturated heterocycles. The van der Waals surface area contributed by atoms with Crippen molar-refractivity contribution in [1.29, 1.82) is 0 Å². The molecule has 0 bridgehead atoms. The molecule has 0 unspecified atom stereocenters. The third-order valence-electron chi connectivity index (χ3n) is 4.16. The highest BCUT2D eigenvalue weighted by molar-refractivity contribution is 6.32. The van der Waals surface area contributed by atoms with Gasteiger partial charge in [-0.05, 0) is 42.5 Å². The van der Waals surface area contributed by atoms with E-state index in [9.17, 15) is 14.9 Å². The Hall–Kier alpha value is -3.42. The van der Waals surface area contributed by atoms with Crippen molar-refractivity contribution in [3.05, 3.63) is 86.4 Å². The first kappa shape index (κ1) is 18.9. The van der Waals surface area contributed by atoms with E-state index in [1.807, 2.05) is 0 Å². The maximum Gasteiger partial charge on any atom is 0.288 e. The standard InChI is InChI=1S/C20H11Cl2N3O4/c21-12-6-8-18-16(10-12)24-20(29-18)13-3-1-2-4-15(13)23-19(26)11-5-7-14(22)17(9-11)25(27)28/h1-10H,(H,23,26). The van der Waals surface area contributed by atoms with E-state index in [0.29, 0.717) is 33.3 Å². The van der Waals surface area contributed by atoms with Crippen LogP contribution in [0.2, 0.25) is 10.0 Å². The maximum atomic E-state index is 12.7. The average molecular weight is 428 g/mol. The van der Waals surface area contributed by atoms with Gasteiger partial charge in [0.1, 0.15) is 10.5 Å². The second kappa shape index (κ2) is 7.54. The van der Waals surface area contributed by atoms with Crippen molar-refractivity contribution in [2.45, 2.75) is 0 Å². The lowest BCUT2D eigenvalue weighted by molar-refractivity contribution is -0.384. The van der Waals surface area contributed by atoms with Crippen LogP contribution in [0.3, 0.4) is 0 Å². The first-order valence-electron chi connectivity index (χ1n) is 8.33. The van der Waals surface area contributed by atoms with Gasteiger partial charge >= 0.3 is 0 Å². The van der Waals surface area contributed by atoms with Crippen LogP contribution >= 0.6 is 23.2 Å². The predicted octanol–water partition coefficient (Wildman–Crippen LogP) is 5.96. The SMILES string of the molecule is O=C(Nc1ccccc1-c1nc2cc(Cl)ccc2o1)c1ccc(Cl)c([N+](=O)[O-])c1. The molecular weight excluding hydrogens is 417 g/mol. The van der Waals surface area contributed by atoms with E-state index < -0.39 is 10.8 Å². The Kier molecular flexibility index (Phi) is 4.92. The number of nitro groups is 1. The van der Waals surface area contributed by atoms with E-state index in [1.54, 1.807) is 42.5 Å². The number of amides is 1. The molecular formula is C20H11Cl2N3O4. The number of carbonyl (C=O) groups is 1. The molecule has 1 aromatic heterocycles. The molecule has 0 radical (unpaired) electrons. The van der Waals surface area contributed by atoms with Crippen LogP contribution in [-0.2, 0) is 0 Å².